The standard InChI is InChI=1S/C17H22ClN3O2S/c1-11-6-7-13(8-14-12(2)10-19-16(18)20-14)9-15(11)24(22,23)21-17(3,4)5/h6-7,9-10,21H,8H2,1-5H3. The molecule has 2 rings (SSSR count). The molecule has 0 spiro atoms. The lowest BCUT2D eigenvalue weighted by Gasteiger charge is -2.21. The molecule has 0 saturated carbocycles. The molecule has 0 aliphatic carbocycles. The molecule has 0 atom stereocenters. The van der Waals surface area contributed by atoms with Gasteiger partial charge in [0.15, 0.2) is 0 Å². The van der Waals surface area contributed by atoms with Crippen LogP contribution in [-0.4, -0.2) is 23.9 Å². The monoisotopic (exact) mass is 367 g/mol. The fourth-order valence-electron chi connectivity index (χ4n) is 2.33. The van der Waals surface area contributed by atoms with Gasteiger partial charge in [-0.25, -0.2) is 23.1 Å². The van der Waals surface area contributed by atoms with Crippen LogP contribution >= 0.6 is 11.6 Å². The molecule has 7 heteroatoms. The van der Waals surface area contributed by atoms with Gasteiger partial charge in [0.1, 0.15) is 0 Å². The highest BCUT2D eigenvalue weighted by Crippen LogP contribution is 2.21. The Morgan fingerprint density at radius 2 is 1.83 bits per heavy atom. The topological polar surface area (TPSA) is 72.0 Å². The van der Waals surface area contributed by atoms with Gasteiger partial charge in [-0.05, 0) is 69.0 Å². The van der Waals surface area contributed by atoms with E-state index in [1.807, 2.05) is 39.8 Å². The van der Waals surface area contributed by atoms with Crippen molar-refractivity contribution in [3.8, 4) is 0 Å². The zero-order valence-electron chi connectivity index (χ0n) is 14.5. The van der Waals surface area contributed by atoms with Crippen molar-refractivity contribution in [2.75, 3.05) is 0 Å². The number of hydrogen-bond donors (Lipinski definition) is 1. The molecule has 0 aliphatic heterocycles. The van der Waals surface area contributed by atoms with E-state index in [9.17, 15) is 8.42 Å². The van der Waals surface area contributed by atoms with Gasteiger partial charge >= 0.3 is 0 Å². The van der Waals surface area contributed by atoms with Crippen molar-refractivity contribution in [1.82, 2.24) is 14.7 Å². The van der Waals surface area contributed by atoms with Crippen LogP contribution in [0.2, 0.25) is 5.28 Å². The lowest BCUT2D eigenvalue weighted by molar-refractivity contribution is 0.491. The molecule has 2 aromatic rings. The fraction of sp³-hybridized carbons (Fsp3) is 0.412. The van der Waals surface area contributed by atoms with Gasteiger partial charge in [-0.3, -0.25) is 0 Å². The second kappa shape index (κ2) is 6.78. The SMILES string of the molecule is Cc1ccc(Cc2nc(Cl)ncc2C)cc1S(=O)(=O)NC(C)(C)C. The zero-order valence-corrected chi connectivity index (χ0v) is 16.1. The Labute approximate surface area is 148 Å². The van der Waals surface area contributed by atoms with Crippen molar-refractivity contribution in [1.29, 1.82) is 0 Å². The van der Waals surface area contributed by atoms with Crippen LogP contribution in [0.1, 0.15) is 43.2 Å². The van der Waals surface area contributed by atoms with E-state index in [2.05, 4.69) is 14.7 Å². The van der Waals surface area contributed by atoms with Crippen LogP contribution < -0.4 is 4.72 Å². The van der Waals surface area contributed by atoms with Crippen LogP contribution in [0, 0.1) is 13.8 Å². The van der Waals surface area contributed by atoms with Gasteiger partial charge in [0.25, 0.3) is 0 Å². The Bertz CT molecular complexity index is 859. The third kappa shape index (κ3) is 4.75. The normalized spacial score (nSPS) is 12.4. The maximum atomic E-state index is 12.6. The average molecular weight is 368 g/mol. The van der Waals surface area contributed by atoms with Crippen LogP contribution in [-0.2, 0) is 16.4 Å². The third-order valence-electron chi connectivity index (χ3n) is 3.40. The van der Waals surface area contributed by atoms with Crippen molar-refractivity contribution in [3.63, 3.8) is 0 Å². The first-order valence-corrected chi connectivity index (χ1v) is 9.45. The molecule has 0 amide bonds. The van der Waals surface area contributed by atoms with E-state index in [-0.39, 0.29) is 10.2 Å². The van der Waals surface area contributed by atoms with Gasteiger partial charge in [0.2, 0.25) is 15.3 Å². The van der Waals surface area contributed by atoms with Gasteiger partial charge < -0.3 is 0 Å². The molecule has 5 nitrogen and oxygen atoms in total. The van der Waals surface area contributed by atoms with Gasteiger partial charge in [0, 0.05) is 18.2 Å². The molecule has 1 aromatic carbocycles. The summed E-state index contributed by atoms with van der Waals surface area (Å²) in [4.78, 5) is 8.46. The van der Waals surface area contributed by atoms with Crippen LogP contribution in [0.3, 0.4) is 0 Å². The highest BCUT2D eigenvalue weighted by atomic mass is 35.5. The Kier molecular flexibility index (Phi) is 5.32. The zero-order chi connectivity index (χ0) is 18.1. The van der Waals surface area contributed by atoms with Crippen LogP contribution in [0.5, 0.6) is 0 Å². The predicted octanol–water partition coefficient (Wildman–Crippen LogP) is 3.41. The number of benzene rings is 1. The third-order valence-corrected chi connectivity index (χ3v) is 5.48. The second-order valence-corrected chi connectivity index (χ2v) is 8.89. The molecular weight excluding hydrogens is 346 g/mol. The summed E-state index contributed by atoms with van der Waals surface area (Å²) in [5, 5.41) is 0.185. The predicted molar refractivity (Wildman–Crippen MR) is 95.8 cm³/mol. The number of nitrogens with zero attached hydrogens (tertiary/aromatic N) is 2. The molecule has 24 heavy (non-hydrogen) atoms. The first kappa shape index (κ1) is 18.8. The summed E-state index contributed by atoms with van der Waals surface area (Å²) >= 11 is 5.86. The molecule has 0 unspecified atom stereocenters. The highest BCUT2D eigenvalue weighted by molar-refractivity contribution is 7.89. The fourth-order valence-corrected chi connectivity index (χ4v) is 4.19. The minimum absolute atomic E-state index is 0.185. The Hall–Kier alpha value is -1.50. The number of hydrogen-bond acceptors (Lipinski definition) is 4. The number of rotatable bonds is 4. The van der Waals surface area contributed by atoms with E-state index in [4.69, 9.17) is 11.6 Å². The smallest absolute Gasteiger partial charge is 0.226 e. The molecule has 0 fully saturated rings. The van der Waals surface area contributed by atoms with Crippen LogP contribution in [0.4, 0.5) is 0 Å². The Morgan fingerprint density at radius 3 is 2.46 bits per heavy atom. The number of aryl methyl sites for hydroxylation is 2. The molecule has 1 N–H and O–H groups in total. The lowest BCUT2D eigenvalue weighted by atomic mass is 10.1. The number of aromatic nitrogens is 2. The minimum atomic E-state index is -3.59. The molecular formula is C17H22ClN3O2S. The van der Waals surface area contributed by atoms with E-state index < -0.39 is 15.6 Å². The van der Waals surface area contributed by atoms with Crippen molar-refractivity contribution < 1.29 is 8.42 Å². The molecule has 0 radical (unpaired) electrons. The van der Waals surface area contributed by atoms with E-state index in [1.165, 1.54) is 0 Å². The first-order chi connectivity index (χ1) is 11.0. The summed E-state index contributed by atoms with van der Waals surface area (Å²) in [5.74, 6) is 0. The van der Waals surface area contributed by atoms with E-state index in [0.29, 0.717) is 12.0 Å². The van der Waals surface area contributed by atoms with Crippen molar-refractivity contribution >= 4 is 21.6 Å². The number of sulfonamides is 1. The molecule has 0 saturated heterocycles. The number of halogens is 1. The van der Waals surface area contributed by atoms with E-state index in [1.54, 1.807) is 19.2 Å². The van der Waals surface area contributed by atoms with E-state index in [0.717, 1.165) is 16.8 Å². The maximum Gasteiger partial charge on any atom is 0.241 e. The summed E-state index contributed by atoms with van der Waals surface area (Å²) in [6, 6.07) is 5.41. The largest absolute Gasteiger partial charge is 0.241 e. The highest BCUT2D eigenvalue weighted by Gasteiger charge is 2.24. The minimum Gasteiger partial charge on any atom is -0.226 e. The van der Waals surface area contributed by atoms with Gasteiger partial charge in [-0.2, -0.15) is 0 Å². The van der Waals surface area contributed by atoms with Crippen LogP contribution in [0.15, 0.2) is 29.3 Å². The van der Waals surface area contributed by atoms with E-state index >= 15 is 0 Å². The van der Waals surface area contributed by atoms with Gasteiger partial charge in [0.05, 0.1) is 10.6 Å². The summed E-state index contributed by atoms with van der Waals surface area (Å²) < 4.78 is 28.0. The first-order valence-electron chi connectivity index (χ1n) is 7.59. The molecule has 0 aliphatic rings. The molecule has 0 bridgehead atoms. The summed E-state index contributed by atoms with van der Waals surface area (Å²) in [6.07, 6.45) is 2.16. The summed E-state index contributed by atoms with van der Waals surface area (Å²) in [6.45, 7) is 9.13. The quantitative estimate of drug-likeness (QED) is 0.840. The van der Waals surface area contributed by atoms with Crippen molar-refractivity contribution in [2.45, 2.75) is 51.5 Å². The molecule has 1 aromatic heterocycles. The Balaban J connectivity index is 2.40. The average Bonchev–Trinajstić information content (AvgIpc) is 2.42. The van der Waals surface area contributed by atoms with Crippen LogP contribution in [0.25, 0.3) is 0 Å². The summed E-state index contributed by atoms with van der Waals surface area (Å²) in [7, 11) is -3.59. The second-order valence-electron chi connectivity index (χ2n) is 6.90. The molecule has 130 valence electrons. The number of nitrogens with one attached hydrogen (secondary N) is 1. The summed E-state index contributed by atoms with van der Waals surface area (Å²) in [5.41, 5.74) is 2.71. The maximum absolute atomic E-state index is 12.6. The van der Waals surface area contributed by atoms with Gasteiger partial charge in [-0.15, -0.1) is 0 Å². The van der Waals surface area contributed by atoms with Crippen molar-refractivity contribution in [2.24, 2.45) is 0 Å². The lowest BCUT2D eigenvalue weighted by Crippen LogP contribution is -2.40. The molecule has 1 heterocycles. The Morgan fingerprint density at radius 1 is 1.17 bits per heavy atom. The van der Waals surface area contributed by atoms with Crippen molar-refractivity contribution in [3.05, 3.63) is 52.1 Å². The van der Waals surface area contributed by atoms with Gasteiger partial charge in [-0.1, -0.05) is 12.1 Å².